The highest BCUT2D eigenvalue weighted by Gasteiger charge is 2.38. The van der Waals surface area contributed by atoms with E-state index in [1.807, 2.05) is 0 Å². The predicted octanol–water partition coefficient (Wildman–Crippen LogP) is 0.741. The molecular formula is C10H15N3O2S. The zero-order valence-electron chi connectivity index (χ0n) is 9.05. The average Bonchev–Trinajstić information content (AvgIpc) is 2.95. The first-order chi connectivity index (χ1) is 7.53. The largest absolute Gasteiger partial charge is 0.384 e. The van der Waals surface area contributed by atoms with Crippen molar-refractivity contribution in [1.29, 1.82) is 0 Å². The van der Waals surface area contributed by atoms with Gasteiger partial charge in [-0.05, 0) is 18.4 Å². The minimum atomic E-state index is -3.43. The van der Waals surface area contributed by atoms with Crippen LogP contribution in [0.2, 0.25) is 0 Å². The molecule has 0 saturated heterocycles. The van der Waals surface area contributed by atoms with Crippen LogP contribution in [0, 0.1) is 5.92 Å². The number of aromatic nitrogens is 1. The third kappa shape index (κ3) is 2.33. The Balaban J connectivity index is 2.14. The molecule has 5 nitrogen and oxygen atoms in total. The third-order valence-corrected chi connectivity index (χ3v) is 4.30. The van der Waals surface area contributed by atoms with E-state index < -0.39 is 10.0 Å². The van der Waals surface area contributed by atoms with Gasteiger partial charge < -0.3 is 5.73 Å². The number of nitrogen functional groups attached to an aromatic ring is 1. The number of hydrogen-bond donors (Lipinski definition) is 2. The fraction of sp³-hybridized carbons (Fsp3) is 0.500. The van der Waals surface area contributed by atoms with Crippen molar-refractivity contribution in [2.75, 3.05) is 5.73 Å². The van der Waals surface area contributed by atoms with Gasteiger partial charge in [-0.3, -0.25) is 0 Å². The maximum atomic E-state index is 11.9. The number of sulfonamides is 1. The van der Waals surface area contributed by atoms with Crippen LogP contribution in [0.4, 0.5) is 5.82 Å². The van der Waals surface area contributed by atoms with Crippen molar-refractivity contribution < 1.29 is 8.42 Å². The summed E-state index contributed by atoms with van der Waals surface area (Å²) in [6.45, 7) is 2.06. The van der Waals surface area contributed by atoms with Crippen LogP contribution < -0.4 is 10.5 Å². The third-order valence-electron chi connectivity index (χ3n) is 2.82. The van der Waals surface area contributed by atoms with Crippen LogP contribution in [0.5, 0.6) is 0 Å². The van der Waals surface area contributed by atoms with Crippen LogP contribution in [0.15, 0.2) is 23.2 Å². The second kappa shape index (κ2) is 4.03. The topological polar surface area (TPSA) is 85.1 Å². The van der Waals surface area contributed by atoms with Crippen LogP contribution in [0.25, 0.3) is 0 Å². The Labute approximate surface area is 95.1 Å². The molecule has 0 bridgehead atoms. The first-order valence-corrected chi connectivity index (χ1v) is 6.75. The molecule has 2 rings (SSSR count). The van der Waals surface area contributed by atoms with Crippen molar-refractivity contribution in [2.24, 2.45) is 5.92 Å². The SMILES string of the molecule is CCC1CC1NS(=O)(=O)c1ccnc(N)c1. The molecule has 1 aliphatic carbocycles. The van der Waals surface area contributed by atoms with E-state index in [1.54, 1.807) is 0 Å². The van der Waals surface area contributed by atoms with Gasteiger partial charge >= 0.3 is 0 Å². The summed E-state index contributed by atoms with van der Waals surface area (Å²) in [7, 11) is -3.43. The Morgan fingerprint density at radius 2 is 2.38 bits per heavy atom. The average molecular weight is 241 g/mol. The molecule has 6 heteroatoms. The summed E-state index contributed by atoms with van der Waals surface area (Å²) in [6.07, 6.45) is 3.33. The van der Waals surface area contributed by atoms with Crippen molar-refractivity contribution in [1.82, 2.24) is 9.71 Å². The van der Waals surface area contributed by atoms with Gasteiger partial charge in [0.2, 0.25) is 10.0 Å². The fourth-order valence-corrected chi connectivity index (χ4v) is 3.04. The number of nitrogens with one attached hydrogen (secondary N) is 1. The summed E-state index contributed by atoms with van der Waals surface area (Å²) >= 11 is 0. The molecule has 0 aromatic carbocycles. The van der Waals surface area contributed by atoms with Crippen molar-refractivity contribution in [3.8, 4) is 0 Å². The van der Waals surface area contributed by atoms with E-state index in [2.05, 4.69) is 16.6 Å². The van der Waals surface area contributed by atoms with Crippen molar-refractivity contribution in [3.63, 3.8) is 0 Å². The second-order valence-electron chi connectivity index (χ2n) is 4.05. The van der Waals surface area contributed by atoms with Gasteiger partial charge in [-0.25, -0.2) is 18.1 Å². The number of nitrogens with two attached hydrogens (primary N) is 1. The van der Waals surface area contributed by atoms with Gasteiger partial charge in [0, 0.05) is 18.3 Å². The smallest absolute Gasteiger partial charge is 0.241 e. The maximum Gasteiger partial charge on any atom is 0.241 e. The van der Waals surface area contributed by atoms with Gasteiger partial charge in [-0.1, -0.05) is 13.3 Å². The van der Waals surface area contributed by atoms with E-state index in [-0.39, 0.29) is 16.8 Å². The summed E-state index contributed by atoms with van der Waals surface area (Å²) in [4.78, 5) is 3.95. The lowest BCUT2D eigenvalue weighted by Gasteiger charge is -2.06. The maximum absolute atomic E-state index is 11.9. The zero-order valence-corrected chi connectivity index (χ0v) is 9.87. The molecule has 1 aliphatic rings. The monoisotopic (exact) mass is 241 g/mol. The summed E-state index contributed by atoms with van der Waals surface area (Å²) in [5.41, 5.74) is 5.45. The molecule has 16 heavy (non-hydrogen) atoms. The molecule has 1 saturated carbocycles. The molecule has 1 fully saturated rings. The molecular weight excluding hydrogens is 226 g/mol. The van der Waals surface area contributed by atoms with Crippen molar-refractivity contribution >= 4 is 15.8 Å². The quantitative estimate of drug-likeness (QED) is 0.814. The molecule has 1 heterocycles. The van der Waals surface area contributed by atoms with Crippen molar-refractivity contribution in [3.05, 3.63) is 18.3 Å². The van der Waals surface area contributed by atoms with Gasteiger partial charge in [0.15, 0.2) is 0 Å². The fourth-order valence-electron chi connectivity index (χ4n) is 1.71. The number of rotatable bonds is 4. The van der Waals surface area contributed by atoms with Gasteiger partial charge in [0.05, 0.1) is 4.90 Å². The number of anilines is 1. The van der Waals surface area contributed by atoms with E-state index in [0.717, 1.165) is 12.8 Å². The molecule has 0 amide bonds. The van der Waals surface area contributed by atoms with E-state index in [1.165, 1.54) is 18.3 Å². The highest BCUT2D eigenvalue weighted by Crippen LogP contribution is 2.34. The second-order valence-corrected chi connectivity index (χ2v) is 5.76. The molecule has 2 atom stereocenters. The molecule has 3 N–H and O–H groups in total. The molecule has 2 unspecified atom stereocenters. The van der Waals surface area contributed by atoms with E-state index in [9.17, 15) is 8.42 Å². The molecule has 88 valence electrons. The van der Waals surface area contributed by atoms with Gasteiger partial charge in [0.1, 0.15) is 5.82 Å². The van der Waals surface area contributed by atoms with Crippen molar-refractivity contribution in [2.45, 2.75) is 30.7 Å². The molecule has 0 radical (unpaired) electrons. The Morgan fingerprint density at radius 3 is 2.94 bits per heavy atom. The lowest BCUT2D eigenvalue weighted by Crippen LogP contribution is -2.27. The Kier molecular flexibility index (Phi) is 2.86. The highest BCUT2D eigenvalue weighted by molar-refractivity contribution is 7.89. The van der Waals surface area contributed by atoms with Crippen LogP contribution in [-0.2, 0) is 10.0 Å². The zero-order chi connectivity index (χ0) is 11.8. The predicted molar refractivity (Wildman–Crippen MR) is 61.2 cm³/mol. The summed E-state index contributed by atoms with van der Waals surface area (Å²) < 4.78 is 26.5. The van der Waals surface area contributed by atoms with Crippen LogP contribution >= 0.6 is 0 Å². The number of nitrogens with zero attached hydrogens (tertiary/aromatic N) is 1. The van der Waals surface area contributed by atoms with Crippen LogP contribution in [0.3, 0.4) is 0 Å². The van der Waals surface area contributed by atoms with E-state index >= 15 is 0 Å². The Bertz CT molecular complexity index is 487. The van der Waals surface area contributed by atoms with Crippen LogP contribution in [0.1, 0.15) is 19.8 Å². The Hall–Kier alpha value is -1.14. The summed E-state index contributed by atoms with van der Waals surface area (Å²) in [5.74, 6) is 0.694. The van der Waals surface area contributed by atoms with E-state index in [4.69, 9.17) is 5.73 Å². The Morgan fingerprint density at radius 1 is 1.62 bits per heavy atom. The molecule has 0 spiro atoms. The molecule has 1 aromatic rings. The lowest BCUT2D eigenvalue weighted by molar-refractivity contribution is 0.576. The normalized spacial score (nSPS) is 24.3. The summed E-state index contributed by atoms with van der Waals surface area (Å²) in [6, 6.07) is 2.90. The lowest BCUT2D eigenvalue weighted by atomic mass is 10.3. The van der Waals surface area contributed by atoms with Gasteiger partial charge in [-0.15, -0.1) is 0 Å². The van der Waals surface area contributed by atoms with Gasteiger partial charge in [0.25, 0.3) is 0 Å². The minimum absolute atomic E-state index is 0.0874. The van der Waals surface area contributed by atoms with Gasteiger partial charge in [-0.2, -0.15) is 0 Å². The van der Waals surface area contributed by atoms with Crippen LogP contribution in [-0.4, -0.2) is 19.4 Å². The first kappa shape index (κ1) is 11.3. The molecule has 1 aromatic heterocycles. The van der Waals surface area contributed by atoms with E-state index in [0.29, 0.717) is 5.92 Å². The number of hydrogen-bond acceptors (Lipinski definition) is 4. The standard InChI is InChI=1S/C10H15N3O2S/c1-2-7-5-9(7)13-16(14,15)8-3-4-12-10(11)6-8/h3-4,6-7,9,13H,2,5H2,1H3,(H2,11,12). The summed E-state index contributed by atoms with van der Waals surface area (Å²) in [5, 5.41) is 0. The molecule has 0 aliphatic heterocycles. The number of pyridine rings is 1. The minimum Gasteiger partial charge on any atom is -0.384 e. The first-order valence-electron chi connectivity index (χ1n) is 5.27. The highest BCUT2D eigenvalue weighted by atomic mass is 32.2.